The molecule has 0 bridgehead atoms. The molecule has 13 rings (SSSR count). The van der Waals surface area contributed by atoms with E-state index in [1.165, 1.54) is 27.1 Å². The van der Waals surface area contributed by atoms with Crippen molar-refractivity contribution in [2.75, 3.05) is 0 Å². The fraction of sp³-hybridized carbons (Fsp3) is 0. The Labute approximate surface area is 362 Å². The normalized spacial score (nSPS) is 11.8. The first-order chi connectivity index (χ1) is 31.3. The van der Waals surface area contributed by atoms with Crippen LogP contribution < -0.4 is 0 Å². The summed E-state index contributed by atoms with van der Waals surface area (Å²) in [5.41, 5.74) is 12.9. The van der Waals surface area contributed by atoms with Crippen molar-refractivity contribution in [3.63, 3.8) is 0 Å². The van der Waals surface area contributed by atoms with Crippen molar-refractivity contribution in [1.29, 1.82) is 0 Å². The van der Waals surface area contributed by atoms with E-state index >= 15 is 0 Å². The molecule has 0 aliphatic rings. The van der Waals surface area contributed by atoms with Crippen LogP contribution in [0, 0.1) is 0 Å². The van der Waals surface area contributed by atoms with E-state index in [1.54, 1.807) is 0 Å². The molecule has 0 amide bonds. The van der Waals surface area contributed by atoms with Gasteiger partial charge in [-0.05, 0) is 59.7 Å². The molecule has 6 heteroatoms. The van der Waals surface area contributed by atoms with Gasteiger partial charge in [-0.3, -0.25) is 4.57 Å². The van der Waals surface area contributed by atoms with Gasteiger partial charge in [-0.2, -0.15) is 9.97 Å². The Morgan fingerprint density at radius 1 is 0.254 bits per heavy atom. The third-order valence-electron chi connectivity index (χ3n) is 12.5. The minimum Gasteiger partial charge on any atom is -0.307 e. The van der Waals surface area contributed by atoms with Gasteiger partial charge < -0.3 is 9.13 Å². The van der Waals surface area contributed by atoms with Crippen molar-refractivity contribution in [2.24, 2.45) is 0 Å². The Bertz CT molecular complexity index is 3840. The Hall–Kier alpha value is -8.61. The second kappa shape index (κ2) is 14.0. The molecule has 0 radical (unpaired) electrons. The average Bonchev–Trinajstić information content (AvgIpc) is 4.01. The minimum absolute atomic E-state index is 0.566. The number of fused-ring (bicyclic) bond motifs is 10. The molecule has 0 unspecified atom stereocenters. The van der Waals surface area contributed by atoms with Crippen molar-refractivity contribution in [3.05, 3.63) is 218 Å². The van der Waals surface area contributed by atoms with E-state index in [1.807, 2.05) is 6.07 Å². The molecule has 0 saturated carbocycles. The Balaban J connectivity index is 1.06. The summed E-state index contributed by atoms with van der Waals surface area (Å²) in [7, 11) is 0. The van der Waals surface area contributed by atoms with Gasteiger partial charge in [0.25, 0.3) is 0 Å². The Morgan fingerprint density at radius 3 is 1.22 bits per heavy atom. The SMILES string of the molecule is c1ccc(-c2ccc(-c3nc(-c4cccc(-n5c6ccccc6c6ccc7c8ccccc8n(-c8ccccc8)c7c65)c4)nc(-n4c5ccccc5c5ccccc54)n3)cc2)cc1. The summed E-state index contributed by atoms with van der Waals surface area (Å²) in [6.45, 7) is 0. The molecule has 4 heterocycles. The van der Waals surface area contributed by atoms with Crippen LogP contribution >= 0.6 is 0 Å². The van der Waals surface area contributed by atoms with Gasteiger partial charge in [0.15, 0.2) is 11.6 Å². The van der Waals surface area contributed by atoms with Gasteiger partial charge in [0.1, 0.15) is 0 Å². The predicted octanol–water partition coefficient (Wildman–Crippen LogP) is 14.2. The molecule has 6 nitrogen and oxygen atoms in total. The molecule has 4 aromatic heterocycles. The molecule has 0 spiro atoms. The summed E-state index contributed by atoms with van der Waals surface area (Å²) in [5.74, 6) is 1.76. The van der Waals surface area contributed by atoms with Crippen LogP contribution in [0.15, 0.2) is 218 Å². The van der Waals surface area contributed by atoms with Crippen LogP contribution in [0.5, 0.6) is 0 Å². The van der Waals surface area contributed by atoms with Crippen molar-refractivity contribution < 1.29 is 0 Å². The van der Waals surface area contributed by atoms with Gasteiger partial charge in [0, 0.05) is 54.8 Å². The molecule has 63 heavy (non-hydrogen) atoms. The lowest BCUT2D eigenvalue weighted by molar-refractivity contribution is 0.953. The van der Waals surface area contributed by atoms with Crippen LogP contribution in [0.2, 0.25) is 0 Å². The zero-order valence-electron chi connectivity index (χ0n) is 34.0. The second-order valence-corrected chi connectivity index (χ2v) is 16.0. The van der Waals surface area contributed by atoms with Crippen LogP contribution in [-0.4, -0.2) is 28.7 Å². The first-order valence-electron chi connectivity index (χ1n) is 21.3. The first kappa shape index (κ1) is 35.2. The molecule has 0 atom stereocenters. The standard InChI is InChI=1S/C57H36N6/c1-3-16-37(17-4-1)38-30-32-39(33-31-38)55-58-56(60-57(59-55)63-51-28-13-7-22-43(51)44-23-8-14-29-52(44)63)40-18-15-21-42(36-40)62-50-27-12-10-25-46(50)48-35-34-47-45-24-9-11-26-49(45)61(53(47)54(48)62)41-19-5-2-6-20-41/h1-36H. The predicted molar refractivity (Wildman–Crippen MR) is 259 cm³/mol. The maximum atomic E-state index is 5.34. The molecule has 9 aromatic carbocycles. The van der Waals surface area contributed by atoms with Crippen LogP contribution in [0.25, 0.3) is 117 Å². The monoisotopic (exact) mass is 804 g/mol. The van der Waals surface area contributed by atoms with Crippen LogP contribution in [-0.2, 0) is 0 Å². The van der Waals surface area contributed by atoms with Crippen LogP contribution in [0.1, 0.15) is 0 Å². The topological polar surface area (TPSA) is 53.5 Å². The summed E-state index contributed by atoms with van der Waals surface area (Å²) in [4.78, 5) is 15.9. The fourth-order valence-electron chi connectivity index (χ4n) is 9.70. The van der Waals surface area contributed by atoms with E-state index in [9.17, 15) is 0 Å². The number of hydrogen-bond donors (Lipinski definition) is 0. The summed E-state index contributed by atoms with van der Waals surface area (Å²) in [6.07, 6.45) is 0. The third-order valence-corrected chi connectivity index (χ3v) is 12.5. The zero-order chi connectivity index (χ0) is 41.4. The van der Waals surface area contributed by atoms with E-state index in [0.29, 0.717) is 17.6 Å². The van der Waals surface area contributed by atoms with E-state index in [0.717, 1.165) is 72.0 Å². The summed E-state index contributed by atoms with van der Waals surface area (Å²) in [5, 5.41) is 7.11. The van der Waals surface area contributed by atoms with Crippen molar-refractivity contribution >= 4 is 65.4 Å². The lowest BCUT2D eigenvalue weighted by atomic mass is 10.0. The Morgan fingerprint density at radius 2 is 0.651 bits per heavy atom. The van der Waals surface area contributed by atoms with Gasteiger partial charge in [0.05, 0.1) is 33.1 Å². The van der Waals surface area contributed by atoms with E-state index in [-0.39, 0.29) is 0 Å². The number of benzene rings is 9. The van der Waals surface area contributed by atoms with E-state index < -0.39 is 0 Å². The fourth-order valence-corrected chi connectivity index (χ4v) is 9.70. The molecule has 0 fully saturated rings. The highest BCUT2D eigenvalue weighted by Crippen LogP contribution is 2.42. The minimum atomic E-state index is 0.566. The zero-order valence-corrected chi connectivity index (χ0v) is 34.0. The van der Waals surface area contributed by atoms with Crippen LogP contribution in [0.4, 0.5) is 0 Å². The second-order valence-electron chi connectivity index (χ2n) is 16.0. The van der Waals surface area contributed by atoms with Gasteiger partial charge in [0.2, 0.25) is 5.95 Å². The van der Waals surface area contributed by atoms with Crippen LogP contribution in [0.3, 0.4) is 0 Å². The largest absolute Gasteiger partial charge is 0.307 e. The highest BCUT2D eigenvalue weighted by Gasteiger charge is 2.22. The highest BCUT2D eigenvalue weighted by molar-refractivity contribution is 6.23. The number of nitrogens with zero attached hydrogens (tertiary/aromatic N) is 6. The summed E-state index contributed by atoms with van der Waals surface area (Å²) >= 11 is 0. The number of rotatable bonds is 6. The molecule has 0 N–H and O–H groups in total. The van der Waals surface area contributed by atoms with Crippen molar-refractivity contribution in [3.8, 4) is 51.2 Å². The van der Waals surface area contributed by atoms with Gasteiger partial charge >= 0.3 is 0 Å². The van der Waals surface area contributed by atoms with E-state index in [2.05, 4.69) is 226 Å². The molecule has 0 aliphatic carbocycles. The van der Waals surface area contributed by atoms with Crippen molar-refractivity contribution in [2.45, 2.75) is 0 Å². The van der Waals surface area contributed by atoms with Gasteiger partial charge in [-0.25, -0.2) is 4.98 Å². The summed E-state index contributed by atoms with van der Waals surface area (Å²) in [6, 6.07) is 77.3. The molecular formula is C57H36N6. The van der Waals surface area contributed by atoms with Gasteiger partial charge in [-0.15, -0.1) is 0 Å². The average molecular weight is 805 g/mol. The highest BCUT2D eigenvalue weighted by atomic mass is 15.2. The Kier molecular flexibility index (Phi) is 7.80. The molecule has 13 aromatic rings. The summed E-state index contributed by atoms with van der Waals surface area (Å²) < 4.78 is 7.02. The number of hydrogen-bond acceptors (Lipinski definition) is 3. The lowest BCUT2D eigenvalue weighted by Crippen LogP contribution is -2.06. The first-order valence-corrected chi connectivity index (χ1v) is 21.3. The number of aromatic nitrogens is 6. The maximum Gasteiger partial charge on any atom is 0.238 e. The third kappa shape index (κ3) is 5.48. The lowest BCUT2D eigenvalue weighted by Gasteiger charge is -2.14. The van der Waals surface area contributed by atoms with E-state index in [4.69, 9.17) is 15.0 Å². The van der Waals surface area contributed by atoms with Crippen molar-refractivity contribution in [1.82, 2.24) is 28.7 Å². The molecule has 0 aliphatic heterocycles. The molecule has 294 valence electrons. The number of para-hydroxylation sites is 5. The quantitative estimate of drug-likeness (QED) is 0.168. The maximum absolute atomic E-state index is 5.34. The smallest absolute Gasteiger partial charge is 0.238 e. The molecular weight excluding hydrogens is 769 g/mol. The van der Waals surface area contributed by atoms with Gasteiger partial charge in [-0.1, -0.05) is 170 Å². The molecule has 0 saturated heterocycles.